The van der Waals surface area contributed by atoms with Crippen LogP contribution in [0.2, 0.25) is 0 Å². The fraction of sp³-hybridized carbons (Fsp3) is 0.667. The summed E-state index contributed by atoms with van der Waals surface area (Å²) in [5, 5.41) is 0. The van der Waals surface area contributed by atoms with Gasteiger partial charge < -0.3 is 15.4 Å². The van der Waals surface area contributed by atoms with Crippen LogP contribution in [-0.2, 0) is 11.3 Å². The third kappa shape index (κ3) is 5.11. The van der Waals surface area contributed by atoms with Crippen LogP contribution in [0.25, 0.3) is 0 Å². The van der Waals surface area contributed by atoms with E-state index < -0.39 is 0 Å². The van der Waals surface area contributed by atoms with E-state index in [1.807, 2.05) is 6.20 Å². The lowest BCUT2D eigenvalue weighted by molar-refractivity contribution is -0.0260. The lowest BCUT2D eigenvalue weighted by atomic mass is 10.2. The Bertz CT molecular complexity index is 413. The zero-order valence-electron chi connectivity index (χ0n) is 13.2. The maximum absolute atomic E-state index is 5.67. The molecule has 1 atom stereocenters. The SMILES string of the molecule is CC(C)N(C)c1ccc(CN2CCOC(CN)C2)cn1.Cl. The predicted octanol–water partition coefficient (Wildman–Crippen LogP) is 1.51. The highest BCUT2D eigenvalue weighted by atomic mass is 35.5. The van der Waals surface area contributed by atoms with E-state index in [9.17, 15) is 0 Å². The van der Waals surface area contributed by atoms with Crippen molar-refractivity contribution in [1.29, 1.82) is 0 Å². The monoisotopic (exact) mass is 314 g/mol. The lowest BCUT2D eigenvalue weighted by Crippen LogP contribution is -2.45. The van der Waals surface area contributed by atoms with Gasteiger partial charge in [0.1, 0.15) is 5.82 Å². The third-order valence-electron chi connectivity index (χ3n) is 3.84. The average Bonchev–Trinajstić information content (AvgIpc) is 2.47. The first-order valence-electron chi connectivity index (χ1n) is 7.32. The van der Waals surface area contributed by atoms with Gasteiger partial charge in [0.05, 0.1) is 12.7 Å². The molecule has 21 heavy (non-hydrogen) atoms. The van der Waals surface area contributed by atoms with E-state index in [1.54, 1.807) is 0 Å². The van der Waals surface area contributed by atoms with Gasteiger partial charge in [-0.15, -0.1) is 12.4 Å². The van der Waals surface area contributed by atoms with Crippen LogP contribution in [0.5, 0.6) is 0 Å². The molecule has 1 aromatic heterocycles. The Morgan fingerprint density at radius 3 is 2.81 bits per heavy atom. The minimum absolute atomic E-state index is 0. The van der Waals surface area contributed by atoms with Crippen LogP contribution < -0.4 is 10.6 Å². The van der Waals surface area contributed by atoms with Crippen molar-refractivity contribution in [3.05, 3.63) is 23.9 Å². The van der Waals surface area contributed by atoms with E-state index in [2.05, 4.69) is 47.8 Å². The van der Waals surface area contributed by atoms with Crippen molar-refractivity contribution >= 4 is 18.2 Å². The summed E-state index contributed by atoms with van der Waals surface area (Å²) in [5.41, 5.74) is 6.91. The molecule has 0 bridgehead atoms. The summed E-state index contributed by atoms with van der Waals surface area (Å²) in [6, 6.07) is 4.71. The lowest BCUT2D eigenvalue weighted by Gasteiger charge is -2.32. The quantitative estimate of drug-likeness (QED) is 0.893. The summed E-state index contributed by atoms with van der Waals surface area (Å²) >= 11 is 0. The summed E-state index contributed by atoms with van der Waals surface area (Å²) in [6.07, 6.45) is 2.14. The largest absolute Gasteiger partial charge is 0.374 e. The molecule has 2 rings (SSSR count). The Morgan fingerprint density at radius 2 is 2.24 bits per heavy atom. The van der Waals surface area contributed by atoms with Gasteiger partial charge >= 0.3 is 0 Å². The number of morpholine rings is 1. The van der Waals surface area contributed by atoms with Gasteiger partial charge in [0.2, 0.25) is 0 Å². The van der Waals surface area contributed by atoms with Crippen molar-refractivity contribution in [1.82, 2.24) is 9.88 Å². The number of hydrogen-bond donors (Lipinski definition) is 1. The van der Waals surface area contributed by atoms with Crippen LogP contribution in [-0.4, -0.2) is 55.3 Å². The molecule has 1 unspecified atom stereocenters. The molecular weight excluding hydrogens is 288 g/mol. The number of rotatable bonds is 5. The molecule has 1 aromatic rings. The second kappa shape index (κ2) is 8.54. The van der Waals surface area contributed by atoms with E-state index >= 15 is 0 Å². The topological polar surface area (TPSA) is 54.6 Å². The number of halogens is 1. The van der Waals surface area contributed by atoms with Crippen LogP contribution in [0.15, 0.2) is 18.3 Å². The Labute approximate surface area is 133 Å². The Kier molecular flexibility index (Phi) is 7.39. The van der Waals surface area contributed by atoms with Crippen LogP contribution >= 0.6 is 12.4 Å². The van der Waals surface area contributed by atoms with Gasteiger partial charge in [0.15, 0.2) is 0 Å². The maximum atomic E-state index is 5.67. The third-order valence-corrected chi connectivity index (χ3v) is 3.84. The number of nitrogens with two attached hydrogens (primary N) is 1. The van der Waals surface area contributed by atoms with Gasteiger partial charge in [-0.25, -0.2) is 4.98 Å². The fourth-order valence-corrected chi connectivity index (χ4v) is 2.31. The van der Waals surface area contributed by atoms with E-state index in [-0.39, 0.29) is 18.5 Å². The smallest absolute Gasteiger partial charge is 0.128 e. The van der Waals surface area contributed by atoms with Gasteiger partial charge in [-0.3, -0.25) is 4.90 Å². The molecule has 2 N–H and O–H groups in total. The first kappa shape index (κ1) is 18.2. The molecule has 120 valence electrons. The molecule has 6 heteroatoms. The molecule has 0 spiro atoms. The molecule has 2 heterocycles. The van der Waals surface area contributed by atoms with Crippen molar-refractivity contribution in [2.45, 2.75) is 32.5 Å². The van der Waals surface area contributed by atoms with Gasteiger partial charge in [0, 0.05) is 45.5 Å². The summed E-state index contributed by atoms with van der Waals surface area (Å²) in [4.78, 5) is 9.10. The van der Waals surface area contributed by atoms with E-state index in [0.717, 1.165) is 32.1 Å². The molecule has 0 saturated carbocycles. The standard InChI is InChI=1S/C15H26N4O.ClH/c1-12(2)18(3)15-5-4-13(9-17-15)10-19-6-7-20-14(8-16)11-19;/h4-5,9,12,14H,6-8,10-11,16H2,1-3H3;1H. The van der Waals surface area contributed by atoms with Crippen molar-refractivity contribution in [2.75, 3.05) is 38.2 Å². The first-order valence-corrected chi connectivity index (χ1v) is 7.32. The molecule has 0 amide bonds. The summed E-state index contributed by atoms with van der Waals surface area (Å²) in [6.45, 7) is 8.47. The van der Waals surface area contributed by atoms with Crippen molar-refractivity contribution in [2.24, 2.45) is 5.73 Å². The highest BCUT2D eigenvalue weighted by Gasteiger charge is 2.19. The molecule has 0 aliphatic carbocycles. The molecule has 0 radical (unpaired) electrons. The zero-order chi connectivity index (χ0) is 14.5. The second-order valence-corrected chi connectivity index (χ2v) is 5.69. The van der Waals surface area contributed by atoms with Crippen molar-refractivity contribution < 1.29 is 4.74 Å². The second-order valence-electron chi connectivity index (χ2n) is 5.69. The summed E-state index contributed by atoms with van der Waals surface area (Å²) < 4.78 is 5.58. The first-order chi connectivity index (χ1) is 9.60. The number of aromatic nitrogens is 1. The van der Waals surface area contributed by atoms with Crippen molar-refractivity contribution in [3.8, 4) is 0 Å². The maximum Gasteiger partial charge on any atom is 0.128 e. The molecule has 1 fully saturated rings. The van der Waals surface area contributed by atoms with E-state index in [4.69, 9.17) is 10.5 Å². The van der Waals surface area contributed by atoms with E-state index in [0.29, 0.717) is 12.6 Å². The number of pyridine rings is 1. The van der Waals surface area contributed by atoms with Gasteiger partial charge in [-0.2, -0.15) is 0 Å². The fourth-order valence-electron chi connectivity index (χ4n) is 2.31. The zero-order valence-corrected chi connectivity index (χ0v) is 14.0. The van der Waals surface area contributed by atoms with Gasteiger partial charge in [0.25, 0.3) is 0 Å². The Balaban J connectivity index is 0.00000220. The van der Waals surface area contributed by atoms with Gasteiger partial charge in [-0.05, 0) is 25.5 Å². The minimum atomic E-state index is 0. The molecule has 0 aromatic carbocycles. The molecule has 1 saturated heterocycles. The van der Waals surface area contributed by atoms with Crippen LogP contribution in [0.4, 0.5) is 5.82 Å². The molecule has 1 aliphatic rings. The average molecular weight is 315 g/mol. The molecular formula is C15H27ClN4O. The van der Waals surface area contributed by atoms with E-state index in [1.165, 1.54) is 5.56 Å². The number of hydrogen-bond acceptors (Lipinski definition) is 5. The Hall–Kier alpha value is -0.880. The number of ether oxygens (including phenoxy) is 1. The highest BCUT2D eigenvalue weighted by molar-refractivity contribution is 5.85. The van der Waals surface area contributed by atoms with Crippen molar-refractivity contribution in [3.63, 3.8) is 0 Å². The normalized spacial score (nSPS) is 19.4. The number of nitrogens with zero attached hydrogens (tertiary/aromatic N) is 3. The van der Waals surface area contributed by atoms with Crippen LogP contribution in [0.1, 0.15) is 19.4 Å². The summed E-state index contributed by atoms with van der Waals surface area (Å²) in [7, 11) is 2.07. The van der Waals surface area contributed by atoms with Crippen LogP contribution in [0.3, 0.4) is 0 Å². The van der Waals surface area contributed by atoms with Gasteiger partial charge in [-0.1, -0.05) is 6.07 Å². The van der Waals surface area contributed by atoms with Crippen LogP contribution in [0, 0.1) is 0 Å². The highest BCUT2D eigenvalue weighted by Crippen LogP contribution is 2.14. The summed E-state index contributed by atoms with van der Waals surface area (Å²) in [5.74, 6) is 1.02. The Morgan fingerprint density at radius 1 is 1.48 bits per heavy atom. The number of anilines is 1. The predicted molar refractivity (Wildman–Crippen MR) is 89.1 cm³/mol. The minimum Gasteiger partial charge on any atom is -0.374 e. The molecule has 1 aliphatic heterocycles. The molecule has 5 nitrogen and oxygen atoms in total.